The normalized spacial score (nSPS) is 11.4. The predicted octanol–water partition coefficient (Wildman–Crippen LogP) is 2.43. The number of non-ortho nitro benzene ring substituents is 1. The quantitative estimate of drug-likeness (QED) is 0.551. The highest BCUT2D eigenvalue weighted by Gasteiger charge is 2.25. The maximum absolute atomic E-state index is 12.7. The Labute approximate surface area is 145 Å². The highest BCUT2D eigenvalue weighted by molar-refractivity contribution is 7.89. The van der Waals surface area contributed by atoms with Crippen LogP contribution in [0.25, 0.3) is 0 Å². The third-order valence-corrected chi connectivity index (χ3v) is 5.45. The monoisotopic (exact) mass is 366 g/mol. The molecule has 134 valence electrons. The topological polar surface area (TPSA) is 99.0 Å². The van der Waals surface area contributed by atoms with Crippen LogP contribution in [-0.4, -0.2) is 38.9 Å². The molecule has 0 N–H and O–H groups in total. The molecule has 0 aliphatic rings. The molecule has 0 aromatic heterocycles. The van der Waals surface area contributed by atoms with Gasteiger partial charge in [0.2, 0.25) is 10.0 Å². The lowest BCUT2D eigenvalue weighted by atomic mass is 10.1. The zero-order chi connectivity index (χ0) is 18.6. The molecule has 0 atom stereocenters. The van der Waals surface area contributed by atoms with Gasteiger partial charge in [0.05, 0.1) is 29.6 Å². The summed E-state index contributed by atoms with van der Waals surface area (Å²) in [6, 6.07) is 10.1. The minimum atomic E-state index is -3.93. The number of nitro benzene ring substituents is 1. The third kappa shape index (κ3) is 3.89. The van der Waals surface area contributed by atoms with E-state index >= 15 is 0 Å². The Balaban J connectivity index is 2.39. The van der Waals surface area contributed by atoms with E-state index in [4.69, 9.17) is 9.47 Å². The number of hydrogen-bond acceptors (Lipinski definition) is 6. The van der Waals surface area contributed by atoms with Crippen LogP contribution in [0.5, 0.6) is 11.5 Å². The van der Waals surface area contributed by atoms with Crippen LogP contribution in [0.15, 0.2) is 47.4 Å². The number of hydrogen-bond donors (Lipinski definition) is 0. The van der Waals surface area contributed by atoms with Crippen LogP contribution in [0, 0.1) is 10.1 Å². The molecule has 25 heavy (non-hydrogen) atoms. The Bertz CT molecular complexity index is 860. The number of nitro groups is 1. The molecule has 2 aromatic carbocycles. The number of nitrogens with zero attached hydrogens (tertiary/aromatic N) is 2. The fourth-order valence-corrected chi connectivity index (χ4v) is 3.51. The van der Waals surface area contributed by atoms with Gasteiger partial charge in [-0.1, -0.05) is 12.1 Å². The maximum Gasteiger partial charge on any atom is 0.270 e. The van der Waals surface area contributed by atoms with Crippen LogP contribution in [0.1, 0.15) is 5.56 Å². The first-order valence-electron chi connectivity index (χ1n) is 7.22. The smallest absolute Gasteiger partial charge is 0.270 e. The molecule has 0 spiro atoms. The van der Waals surface area contributed by atoms with E-state index in [1.807, 2.05) is 0 Å². The van der Waals surface area contributed by atoms with Crippen molar-refractivity contribution in [3.05, 3.63) is 58.1 Å². The van der Waals surface area contributed by atoms with Gasteiger partial charge >= 0.3 is 0 Å². The zero-order valence-electron chi connectivity index (χ0n) is 14.0. The van der Waals surface area contributed by atoms with E-state index in [2.05, 4.69) is 0 Å². The van der Waals surface area contributed by atoms with Gasteiger partial charge in [-0.15, -0.1) is 0 Å². The summed E-state index contributed by atoms with van der Waals surface area (Å²) in [5.74, 6) is 0.973. The van der Waals surface area contributed by atoms with Crippen LogP contribution >= 0.6 is 0 Å². The molecule has 0 radical (unpaired) electrons. The van der Waals surface area contributed by atoms with E-state index in [0.717, 1.165) is 10.4 Å². The van der Waals surface area contributed by atoms with E-state index in [-0.39, 0.29) is 17.1 Å². The van der Waals surface area contributed by atoms with E-state index in [1.54, 1.807) is 18.2 Å². The number of rotatable bonds is 7. The first kappa shape index (κ1) is 18.7. The van der Waals surface area contributed by atoms with Gasteiger partial charge in [-0.05, 0) is 18.2 Å². The van der Waals surface area contributed by atoms with E-state index < -0.39 is 14.9 Å². The van der Waals surface area contributed by atoms with Crippen molar-refractivity contribution in [1.29, 1.82) is 0 Å². The molecule has 8 nitrogen and oxygen atoms in total. The molecule has 2 rings (SSSR count). The Morgan fingerprint density at radius 3 is 2.16 bits per heavy atom. The first-order valence-corrected chi connectivity index (χ1v) is 8.66. The summed E-state index contributed by atoms with van der Waals surface area (Å²) in [6.07, 6.45) is 0. The van der Waals surface area contributed by atoms with Gasteiger partial charge < -0.3 is 9.47 Å². The Morgan fingerprint density at radius 1 is 1.08 bits per heavy atom. The second kappa shape index (κ2) is 7.49. The molecule has 0 aliphatic heterocycles. The fourth-order valence-electron chi connectivity index (χ4n) is 2.33. The minimum Gasteiger partial charge on any atom is -0.496 e. The molecule has 0 aliphatic carbocycles. The van der Waals surface area contributed by atoms with Crippen molar-refractivity contribution in [3.63, 3.8) is 0 Å². The van der Waals surface area contributed by atoms with Crippen molar-refractivity contribution in [3.8, 4) is 11.5 Å². The highest BCUT2D eigenvalue weighted by atomic mass is 32.2. The van der Waals surface area contributed by atoms with Crippen molar-refractivity contribution in [2.75, 3.05) is 21.3 Å². The molecule has 0 fully saturated rings. The van der Waals surface area contributed by atoms with Crippen molar-refractivity contribution in [2.45, 2.75) is 11.4 Å². The summed E-state index contributed by atoms with van der Waals surface area (Å²) < 4.78 is 37.1. The summed E-state index contributed by atoms with van der Waals surface area (Å²) in [4.78, 5) is 10.1. The van der Waals surface area contributed by atoms with Crippen molar-refractivity contribution in [1.82, 2.24) is 4.31 Å². The second-order valence-electron chi connectivity index (χ2n) is 5.16. The molecule has 0 amide bonds. The average molecular weight is 366 g/mol. The van der Waals surface area contributed by atoms with Crippen LogP contribution < -0.4 is 9.47 Å². The molecular weight excluding hydrogens is 348 g/mol. The number of methoxy groups -OCH3 is 2. The summed E-state index contributed by atoms with van der Waals surface area (Å²) >= 11 is 0. The van der Waals surface area contributed by atoms with Gasteiger partial charge in [0, 0.05) is 25.7 Å². The molecule has 0 unspecified atom stereocenters. The fraction of sp³-hybridized carbons (Fsp3) is 0.250. The Hall–Kier alpha value is -2.65. The largest absolute Gasteiger partial charge is 0.496 e. The maximum atomic E-state index is 12.7. The third-order valence-electron chi connectivity index (χ3n) is 3.65. The Kier molecular flexibility index (Phi) is 5.60. The van der Waals surface area contributed by atoms with E-state index in [0.29, 0.717) is 17.1 Å². The number of sulfonamides is 1. The molecule has 0 heterocycles. The number of benzene rings is 2. The van der Waals surface area contributed by atoms with Crippen molar-refractivity contribution < 1.29 is 22.8 Å². The average Bonchev–Trinajstić information content (AvgIpc) is 2.61. The second-order valence-corrected chi connectivity index (χ2v) is 7.20. The molecule has 0 bridgehead atoms. The molecule has 0 saturated carbocycles. The van der Waals surface area contributed by atoms with Crippen LogP contribution in [-0.2, 0) is 16.6 Å². The SMILES string of the molecule is COc1cccc(OC)c1CN(C)S(=O)(=O)c1cccc([N+](=O)[O-])c1. The lowest BCUT2D eigenvalue weighted by Gasteiger charge is -2.20. The van der Waals surface area contributed by atoms with Crippen LogP contribution in [0.2, 0.25) is 0 Å². The number of ether oxygens (including phenoxy) is 2. The molecule has 9 heteroatoms. The van der Waals surface area contributed by atoms with Crippen molar-refractivity contribution in [2.24, 2.45) is 0 Å². The predicted molar refractivity (Wildman–Crippen MR) is 91.3 cm³/mol. The highest BCUT2D eigenvalue weighted by Crippen LogP contribution is 2.31. The van der Waals surface area contributed by atoms with Gasteiger partial charge in [0.15, 0.2) is 0 Å². The summed E-state index contributed by atoms with van der Waals surface area (Å²) in [7, 11) is 0.423. The summed E-state index contributed by atoms with van der Waals surface area (Å²) in [6.45, 7) is -0.0157. The molecule has 0 saturated heterocycles. The van der Waals surface area contributed by atoms with Gasteiger partial charge in [-0.2, -0.15) is 4.31 Å². The molecule has 2 aromatic rings. The zero-order valence-corrected chi connectivity index (χ0v) is 14.8. The van der Waals surface area contributed by atoms with Crippen molar-refractivity contribution >= 4 is 15.7 Å². The Morgan fingerprint density at radius 2 is 1.64 bits per heavy atom. The van der Waals surface area contributed by atoms with E-state index in [1.165, 1.54) is 39.5 Å². The van der Waals surface area contributed by atoms with Gasteiger partial charge in [0.1, 0.15) is 11.5 Å². The van der Waals surface area contributed by atoms with Gasteiger partial charge in [-0.25, -0.2) is 8.42 Å². The van der Waals surface area contributed by atoms with Gasteiger partial charge in [-0.3, -0.25) is 10.1 Å². The van der Waals surface area contributed by atoms with Crippen LogP contribution in [0.4, 0.5) is 5.69 Å². The van der Waals surface area contributed by atoms with Crippen LogP contribution in [0.3, 0.4) is 0 Å². The molecular formula is C16H18N2O6S. The summed E-state index contributed by atoms with van der Waals surface area (Å²) in [5.41, 5.74) is 0.272. The summed E-state index contributed by atoms with van der Waals surface area (Å²) in [5, 5.41) is 10.9. The first-order chi connectivity index (χ1) is 11.8. The minimum absolute atomic E-state index is 0.0157. The standard InChI is InChI=1S/C16H18N2O6S/c1-17(11-14-15(23-2)8-5-9-16(14)24-3)25(21,22)13-7-4-6-12(10-13)18(19)20/h4-10H,11H2,1-3H3. The van der Waals surface area contributed by atoms with Gasteiger partial charge in [0.25, 0.3) is 5.69 Å². The van der Waals surface area contributed by atoms with E-state index in [9.17, 15) is 18.5 Å². The lowest BCUT2D eigenvalue weighted by Crippen LogP contribution is -2.27. The lowest BCUT2D eigenvalue weighted by molar-refractivity contribution is -0.385.